The number of nitrogens with zero attached hydrogens (tertiary/aromatic N) is 3. The SMILES string of the molecule is CC1(C)N=C(N)N=C(N)N1OCCc1ccc(Cl)cc1. The van der Waals surface area contributed by atoms with Gasteiger partial charge >= 0.3 is 0 Å². The fourth-order valence-corrected chi connectivity index (χ4v) is 2.05. The Bertz CT molecular complexity index is 538. The Kier molecular flexibility index (Phi) is 4.15. The highest BCUT2D eigenvalue weighted by atomic mass is 35.5. The zero-order valence-electron chi connectivity index (χ0n) is 11.5. The largest absolute Gasteiger partial charge is 0.368 e. The monoisotopic (exact) mass is 295 g/mol. The summed E-state index contributed by atoms with van der Waals surface area (Å²) in [7, 11) is 0. The number of benzene rings is 1. The van der Waals surface area contributed by atoms with Crippen molar-refractivity contribution in [3.63, 3.8) is 0 Å². The summed E-state index contributed by atoms with van der Waals surface area (Å²) in [5.74, 6) is 0.364. The maximum absolute atomic E-state index is 5.84. The van der Waals surface area contributed by atoms with Gasteiger partial charge in [0.25, 0.3) is 0 Å². The molecule has 0 unspecified atom stereocenters. The number of aliphatic imine (C=N–C) groups is 2. The van der Waals surface area contributed by atoms with Gasteiger partial charge in [-0.2, -0.15) is 10.1 Å². The summed E-state index contributed by atoms with van der Waals surface area (Å²) >= 11 is 5.84. The number of nitrogens with two attached hydrogens (primary N) is 2. The third kappa shape index (κ3) is 3.40. The highest BCUT2D eigenvalue weighted by Crippen LogP contribution is 2.20. The molecule has 6 nitrogen and oxygen atoms in total. The van der Waals surface area contributed by atoms with Crippen LogP contribution in [0.5, 0.6) is 0 Å². The highest BCUT2D eigenvalue weighted by molar-refractivity contribution is 6.30. The normalized spacial score (nSPS) is 17.6. The first-order chi connectivity index (χ1) is 9.38. The number of halogens is 1. The predicted molar refractivity (Wildman–Crippen MR) is 80.3 cm³/mol. The zero-order chi connectivity index (χ0) is 14.8. The quantitative estimate of drug-likeness (QED) is 0.881. The molecule has 20 heavy (non-hydrogen) atoms. The van der Waals surface area contributed by atoms with Gasteiger partial charge in [-0.05, 0) is 38.0 Å². The Morgan fingerprint density at radius 3 is 2.50 bits per heavy atom. The fraction of sp³-hybridized carbons (Fsp3) is 0.385. The number of hydrogen-bond donors (Lipinski definition) is 2. The summed E-state index contributed by atoms with van der Waals surface area (Å²) in [5, 5.41) is 2.19. The molecule has 2 rings (SSSR count). The topological polar surface area (TPSA) is 89.2 Å². The van der Waals surface area contributed by atoms with Crippen molar-refractivity contribution in [2.45, 2.75) is 25.9 Å². The summed E-state index contributed by atoms with van der Waals surface area (Å²) < 4.78 is 0. The Labute approximate surface area is 123 Å². The van der Waals surface area contributed by atoms with Crippen molar-refractivity contribution in [3.05, 3.63) is 34.9 Å². The average Bonchev–Trinajstić information content (AvgIpc) is 2.34. The molecule has 0 amide bonds. The Hall–Kier alpha value is -1.79. The molecule has 1 aromatic rings. The molecule has 0 atom stereocenters. The van der Waals surface area contributed by atoms with E-state index in [1.807, 2.05) is 38.1 Å². The van der Waals surface area contributed by atoms with Crippen LogP contribution in [0.15, 0.2) is 34.3 Å². The van der Waals surface area contributed by atoms with E-state index in [9.17, 15) is 0 Å². The van der Waals surface area contributed by atoms with Crippen LogP contribution in [-0.2, 0) is 11.3 Å². The molecule has 0 fully saturated rings. The minimum Gasteiger partial charge on any atom is -0.368 e. The van der Waals surface area contributed by atoms with E-state index in [4.69, 9.17) is 27.9 Å². The van der Waals surface area contributed by atoms with Crippen molar-refractivity contribution in [1.82, 2.24) is 5.06 Å². The first-order valence-electron chi connectivity index (χ1n) is 6.25. The molecule has 0 aromatic heterocycles. The van der Waals surface area contributed by atoms with Crippen molar-refractivity contribution in [2.24, 2.45) is 21.5 Å². The lowest BCUT2D eigenvalue weighted by atomic mass is 10.2. The Balaban J connectivity index is 1.94. The highest BCUT2D eigenvalue weighted by Gasteiger charge is 2.32. The lowest BCUT2D eigenvalue weighted by molar-refractivity contribution is -0.156. The summed E-state index contributed by atoms with van der Waals surface area (Å²) in [6, 6.07) is 7.62. The minimum atomic E-state index is -0.671. The average molecular weight is 296 g/mol. The van der Waals surface area contributed by atoms with Crippen LogP contribution >= 0.6 is 11.6 Å². The van der Waals surface area contributed by atoms with E-state index in [0.717, 1.165) is 12.0 Å². The van der Waals surface area contributed by atoms with E-state index >= 15 is 0 Å². The summed E-state index contributed by atoms with van der Waals surface area (Å²) in [6.45, 7) is 4.16. The summed E-state index contributed by atoms with van der Waals surface area (Å²) in [4.78, 5) is 13.8. The van der Waals surface area contributed by atoms with Crippen molar-refractivity contribution >= 4 is 23.5 Å². The van der Waals surface area contributed by atoms with Gasteiger partial charge in [0.15, 0.2) is 5.66 Å². The molecule has 1 aliphatic rings. The van der Waals surface area contributed by atoms with Gasteiger partial charge in [-0.25, -0.2) is 4.99 Å². The molecular formula is C13H18ClN5O. The van der Waals surface area contributed by atoms with Crippen LogP contribution in [0.4, 0.5) is 0 Å². The van der Waals surface area contributed by atoms with Crippen LogP contribution in [-0.4, -0.2) is 29.3 Å². The van der Waals surface area contributed by atoms with Crippen LogP contribution in [0.2, 0.25) is 5.02 Å². The molecule has 0 saturated carbocycles. The first-order valence-corrected chi connectivity index (χ1v) is 6.63. The van der Waals surface area contributed by atoms with Crippen LogP contribution < -0.4 is 11.5 Å². The lowest BCUT2D eigenvalue weighted by Crippen LogP contribution is -2.53. The van der Waals surface area contributed by atoms with E-state index in [-0.39, 0.29) is 11.9 Å². The Morgan fingerprint density at radius 1 is 1.25 bits per heavy atom. The number of hydroxylamine groups is 2. The van der Waals surface area contributed by atoms with Gasteiger partial charge in [0, 0.05) is 5.02 Å². The van der Waals surface area contributed by atoms with E-state index in [2.05, 4.69) is 9.98 Å². The van der Waals surface area contributed by atoms with Gasteiger partial charge in [-0.3, -0.25) is 4.84 Å². The predicted octanol–water partition coefficient (Wildman–Crippen LogP) is 1.50. The van der Waals surface area contributed by atoms with E-state index in [1.165, 1.54) is 5.06 Å². The first kappa shape index (κ1) is 14.6. The third-order valence-electron chi connectivity index (χ3n) is 2.85. The van der Waals surface area contributed by atoms with Crippen molar-refractivity contribution in [3.8, 4) is 0 Å². The third-order valence-corrected chi connectivity index (χ3v) is 3.10. The molecule has 4 N–H and O–H groups in total. The van der Waals surface area contributed by atoms with Gasteiger partial charge in [-0.15, -0.1) is 0 Å². The maximum Gasteiger partial charge on any atom is 0.226 e. The van der Waals surface area contributed by atoms with Crippen molar-refractivity contribution < 1.29 is 4.84 Å². The maximum atomic E-state index is 5.84. The van der Waals surface area contributed by atoms with Gasteiger partial charge in [-0.1, -0.05) is 23.7 Å². The van der Waals surface area contributed by atoms with Gasteiger partial charge in [0.2, 0.25) is 11.9 Å². The standard InChI is InChI=1S/C13H18ClN5O/c1-13(2)18-11(15)17-12(16)19(13)20-8-7-9-3-5-10(14)6-4-9/h3-6H,7-8H2,1-2H3,(H4,15,16,17,18). The van der Waals surface area contributed by atoms with Crippen molar-refractivity contribution in [2.75, 3.05) is 6.61 Å². The second-order valence-electron chi connectivity index (χ2n) is 4.94. The van der Waals surface area contributed by atoms with E-state index < -0.39 is 5.66 Å². The van der Waals surface area contributed by atoms with Gasteiger partial charge in [0.05, 0.1) is 6.61 Å². The molecule has 1 aromatic carbocycles. The minimum absolute atomic E-state index is 0.157. The fourth-order valence-electron chi connectivity index (χ4n) is 1.92. The molecule has 0 radical (unpaired) electrons. The van der Waals surface area contributed by atoms with E-state index in [1.54, 1.807) is 0 Å². The molecule has 0 spiro atoms. The van der Waals surface area contributed by atoms with Gasteiger partial charge < -0.3 is 11.5 Å². The van der Waals surface area contributed by atoms with Crippen LogP contribution in [0, 0.1) is 0 Å². The van der Waals surface area contributed by atoms with Crippen LogP contribution in [0.3, 0.4) is 0 Å². The number of guanidine groups is 2. The molecule has 1 heterocycles. The molecule has 7 heteroatoms. The lowest BCUT2D eigenvalue weighted by Gasteiger charge is -2.36. The number of rotatable bonds is 4. The molecule has 0 saturated heterocycles. The smallest absolute Gasteiger partial charge is 0.226 e. The van der Waals surface area contributed by atoms with Crippen LogP contribution in [0.25, 0.3) is 0 Å². The second kappa shape index (κ2) is 5.68. The molecular weight excluding hydrogens is 278 g/mol. The van der Waals surface area contributed by atoms with Crippen molar-refractivity contribution in [1.29, 1.82) is 0 Å². The van der Waals surface area contributed by atoms with E-state index in [0.29, 0.717) is 11.6 Å². The Morgan fingerprint density at radius 2 is 1.90 bits per heavy atom. The zero-order valence-corrected chi connectivity index (χ0v) is 12.3. The second-order valence-corrected chi connectivity index (χ2v) is 5.37. The van der Waals surface area contributed by atoms with Gasteiger partial charge in [0.1, 0.15) is 0 Å². The molecule has 0 bridgehead atoms. The van der Waals surface area contributed by atoms with Crippen LogP contribution in [0.1, 0.15) is 19.4 Å². The number of hydrogen-bond acceptors (Lipinski definition) is 6. The molecule has 1 aliphatic heterocycles. The molecule has 108 valence electrons. The summed E-state index contributed by atoms with van der Waals surface area (Å²) in [6.07, 6.45) is 0.732. The molecule has 0 aliphatic carbocycles. The summed E-state index contributed by atoms with van der Waals surface area (Å²) in [5.41, 5.74) is 11.9.